The first-order valence-corrected chi connectivity index (χ1v) is 9.53. The smallest absolute Gasteiger partial charge is 0.293 e. The van der Waals surface area contributed by atoms with Crippen LogP contribution >= 0.6 is 11.8 Å². The van der Waals surface area contributed by atoms with Crippen LogP contribution in [0.1, 0.15) is 27.0 Å². The number of halogens is 1. The minimum Gasteiger partial charge on any atom is -0.350 e. The number of imide groups is 1. The second kappa shape index (κ2) is 8.39. The molecule has 1 N–H and O–H groups in total. The van der Waals surface area contributed by atoms with Crippen LogP contribution in [0.15, 0.2) is 47.4 Å². The first-order chi connectivity index (χ1) is 13.3. The number of rotatable bonds is 5. The Morgan fingerprint density at radius 1 is 1.11 bits per heavy atom. The average molecular weight is 398 g/mol. The lowest BCUT2D eigenvalue weighted by Gasteiger charge is -2.13. The van der Waals surface area contributed by atoms with Gasteiger partial charge in [0.25, 0.3) is 17.1 Å². The Morgan fingerprint density at radius 2 is 1.79 bits per heavy atom. The lowest BCUT2D eigenvalue weighted by molar-refractivity contribution is -0.122. The zero-order chi connectivity index (χ0) is 20.3. The summed E-state index contributed by atoms with van der Waals surface area (Å²) in [6.45, 7) is 3.79. The van der Waals surface area contributed by atoms with Gasteiger partial charge in [-0.15, -0.1) is 0 Å². The molecule has 2 aromatic rings. The first-order valence-electron chi connectivity index (χ1n) is 8.71. The van der Waals surface area contributed by atoms with Crippen LogP contribution in [0.25, 0.3) is 6.08 Å². The molecule has 0 saturated carbocycles. The van der Waals surface area contributed by atoms with Crippen molar-refractivity contribution in [3.63, 3.8) is 0 Å². The van der Waals surface area contributed by atoms with E-state index >= 15 is 0 Å². The fourth-order valence-electron chi connectivity index (χ4n) is 2.70. The average Bonchev–Trinajstić information content (AvgIpc) is 2.92. The Morgan fingerprint density at radius 3 is 2.50 bits per heavy atom. The third-order valence-corrected chi connectivity index (χ3v) is 5.14. The summed E-state index contributed by atoms with van der Waals surface area (Å²) in [6, 6.07) is 11.9. The van der Waals surface area contributed by atoms with Gasteiger partial charge in [-0.3, -0.25) is 19.3 Å². The fourth-order valence-corrected chi connectivity index (χ4v) is 3.56. The third-order valence-electron chi connectivity index (χ3n) is 4.24. The molecule has 2 aromatic carbocycles. The topological polar surface area (TPSA) is 66.5 Å². The molecule has 144 valence electrons. The summed E-state index contributed by atoms with van der Waals surface area (Å²) >= 11 is 0.866. The van der Waals surface area contributed by atoms with Gasteiger partial charge in [0.1, 0.15) is 5.82 Å². The highest BCUT2D eigenvalue weighted by Crippen LogP contribution is 2.31. The molecular formula is C21H19FN2O3S. The zero-order valence-electron chi connectivity index (χ0n) is 15.5. The predicted molar refractivity (Wildman–Crippen MR) is 107 cm³/mol. The van der Waals surface area contributed by atoms with Crippen molar-refractivity contribution in [1.29, 1.82) is 0 Å². The third kappa shape index (κ3) is 4.48. The van der Waals surface area contributed by atoms with E-state index < -0.39 is 17.6 Å². The van der Waals surface area contributed by atoms with Crippen LogP contribution in [0.3, 0.4) is 0 Å². The van der Waals surface area contributed by atoms with Crippen LogP contribution in [0.2, 0.25) is 0 Å². The van der Waals surface area contributed by atoms with E-state index in [4.69, 9.17) is 0 Å². The van der Waals surface area contributed by atoms with Gasteiger partial charge in [-0.05, 0) is 49.4 Å². The Labute approximate surface area is 166 Å². The minimum atomic E-state index is -0.615. The number of nitrogens with one attached hydrogen (secondary N) is 1. The normalized spacial score (nSPS) is 15.4. The largest absolute Gasteiger partial charge is 0.350 e. The van der Waals surface area contributed by atoms with E-state index in [-0.39, 0.29) is 23.9 Å². The molecule has 0 radical (unpaired) electrons. The second-order valence-electron chi connectivity index (χ2n) is 6.48. The monoisotopic (exact) mass is 398 g/mol. The molecule has 1 aliphatic rings. The number of carbonyl (C=O) groups excluding carboxylic acids is 3. The number of hydrogen-bond acceptors (Lipinski definition) is 4. The lowest BCUT2D eigenvalue weighted by atomic mass is 10.1. The molecule has 7 heteroatoms. The molecule has 1 aliphatic heterocycles. The number of amides is 3. The van der Waals surface area contributed by atoms with Gasteiger partial charge in [-0.2, -0.15) is 0 Å². The van der Waals surface area contributed by atoms with Gasteiger partial charge in [-0.1, -0.05) is 41.5 Å². The molecule has 0 atom stereocenters. The molecule has 1 fully saturated rings. The first kappa shape index (κ1) is 19.8. The van der Waals surface area contributed by atoms with E-state index in [9.17, 15) is 18.8 Å². The Balaban J connectivity index is 1.61. The van der Waals surface area contributed by atoms with Gasteiger partial charge in [0.05, 0.1) is 10.5 Å². The van der Waals surface area contributed by atoms with Crippen molar-refractivity contribution in [2.75, 3.05) is 13.1 Å². The van der Waals surface area contributed by atoms with Crippen molar-refractivity contribution in [3.8, 4) is 0 Å². The molecule has 1 heterocycles. The number of thioether (sulfide) groups is 1. The van der Waals surface area contributed by atoms with E-state index in [0.29, 0.717) is 4.91 Å². The van der Waals surface area contributed by atoms with E-state index in [1.165, 1.54) is 12.1 Å². The highest BCUT2D eigenvalue weighted by molar-refractivity contribution is 8.18. The van der Waals surface area contributed by atoms with Crippen molar-refractivity contribution in [2.24, 2.45) is 0 Å². The van der Waals surface area contributed by atoms with E-state index in [0.717, 1.165) is 33.4 Å². The number of aryl methyl sites for hydroxylation is 2. The molecule has 3 amide bonds. The van der Waals surface area contributed by atoms with Crippen LogP contribution < -0.4 is 5.32 Å². The molecule has 0 aliphatic carbocycles. The summed E-state index contributed by atoms with van der Waals surface area (Å²) in [4.78, 5) is 38.2. The van der Waals surface area contributed by atoms with Gasteiger partial charge in [0.2, 0.25) is 0 Å². The van der Waals surface area contributed by atoms with Gasteiger partial charge < -0.3 is 5.32 Å². The van der Waals surface area contributed by atoms with Crippen LogP contribution in [0, 0.1) is 19.7 Å². The molecule has 0 spiro atoms. The fraction of sp³-hybridized carbons (Fsp3) is 0.190. The van der Waals surface area contributed by atoms with Gasteiger partial charge in [0, 0.05) is 13.1 Å². The van der Waals surface area contributed by atoms with Crippen molar-refractivity contribution < 1.29 is 18.8 Å². The lowest BCUT2D eigenvalue weighted by Crippen LogP contribution is -2.37. The predicted octanol–water partition coefficient (Wildman–Crippen LogP) is 3.91. The van der Waals surface area contributed by atoms with E-state index in [1.807, 2.05) is 31.2 Å². The standard InChI is InChI=1S/C21H19FN2O3S/c1-13-3-6-15(7-4-13)12-18-20(26)24(21(27)28-18)10-9-23-19(25)16-11-14(2)5-8-17(16)22/h3-8,11-12H,9-10H2,1-2H3,(H,23,25). The SMILES string of the molecule is Cc1ccc(C=C2SC(=O)N(CCNC(=O)c3cc(C)ccc3F)C2=O)cc1. The van der Waals surface area contributed by atoms with Crippen LogP contribution in [0.4, 0.5) is 9.18 Å². The summed E-state index contributed by atoms with van der Waals surface area (Å²) in [5.41, 5.74) is 2.64. The maximum atomic E-state index is 13.8. The molecular weight excluding hydrogens is 379 g/mol. The van der Waals surface area contributed by atoms with Crippen LogP contribution in [0.5, 0.6) is 0 Å². The maximum absolute atomic E-state index is 13.8. The van der Waals surface area contributed by atoms with Crippen LogP contribution in [-0.4, -0.2) is 35.0 Å². The van der Waals surface area contributed by atoms with Crippen molar-refractivity contribution in [1.82, 2.24) is 10.2 Å². The Bertz CT molecular complexity index is 970. The van der Waals surface area contributed by atoms with Crippen LogP contribution in [-0.2, 0) is 4.79 Å². The summed E-state index contributed by atoms with van der Waals surface area (Å²) in [5.74, 6) is -1.59. The molecule has 0 unspecified atom stereocenters. The number of nitrogens with zero attached hydrogens (tertiary/aromatic N) is 1. The Kier molecular flexibility index (Phi) is 5.94. The van der Waals surface area contributed by atoms with Crippen molar-refractivity contribution in [2.45, 2.75) is 13.8 Å². The molecule has 3 rings (SSSR count). The van der Waals surface area contributed by atoms with Gasteiger partial charge in [0.15, 0.2) is 0 Å². The highest BCUT2D eigenvalue weighted by atomic mass is 32.2. The maximum Gasteiger partial charge on any atom is 0.293 e. The van der Waals surface area contributed by atoms with Gasteiger partial charge >= 0.3 is 0 Å². The zero-order valence-corrected chi connectivity index (χ0v) is 16.3. The molecule has 5 nitrogen and oxygen atoms in total. The summed E-state index contributed by atoms with van der Waals surface area (Å²) < 4.78 is 13.8. The van der Waals surface area contributed by atoms with Crippen molar-refractivity contribution >= 4 is 34.9 Å². The minimum absolute atomic E-state index is 0.0229. The van der Waals surface area contributed by atoms with E-state index in [1.54, 1.807) is 19.1 Å². The summed E-state index contributed by atoms with van der Waals surface area (Å²) in [5, 5.41) is 2.16. The molecule has 1 saturated heterocycles. The van der Waals surface area contributed by atoms with Gasteiger partial charge in [-0.25, -0.2) is 4.39 Å². The highest BCUT2D eigenvalue weighted by Gasteiger charge is 2.34. The number of benzene rings is 2. The van der Waals surface area contributed by atoms with Crippen molar-refractivity contribution in [3.05, 3.63) is 75.4 Å². The van der Waals surface area contributed by atoms with E-state index in [2.05, 4.69) is 5.32 Å². The molecule has 28 heavy (non-hydrogen) atoms. The summed E-state index contributed by atoms with van der Waals surface area (Å²) in [7, 11) is 0. The number of hydrogen-bond donors (Lipinski definition) is 1. The number of carbonyl (C=O) groups is 3. The quantitative estimate of drug-likeness (QED) is 0.776. The Hall–Kier alpha value is -2.93. The summed E-state index contributed by atoms with van der Waals surface area (Å²) in [6.07, 6.45) is 1.67. The second-order valence-corrected chi connectivity index (χ2v) is 7.48. The molecule has 0 bridgehead atoms. The molecule has 0 aromatic heterocycles.